The highest BCUT2D eigenvalue weighted by molar-refractivity contribution is 6.45. The van der Waals surface area contributed by atoms with Gasteiger partial charge in [-0.15, -0.1) is 0 Å². The number of anilines is 1. The first-order chi connectivity index (χ1) is 14.5. The third-order valence-electron chi connectivity index (χ3n) is 5.78. The molecule has 5 heteroatoms. The van der Waals surface area contributed by atoms with E-state index in [0.29, 0.717) is 23.6 Å². The normalized spacial score (nSPS) is 17.2. The third kappa shape index (κ3) is 3.60. The Kier molecular flexibility index (Phi) is 5.62. The summed E-state index contributed by atoms with van der Waals surface area (Å²) in [5.41, 5.74) is 4.46. The Labute approximate surface area is 177 Å². The number of piperidine rings is 1. The zero-order valence-corrected chi connectivity index (χ0v) is 17.9. The third-order valence-corrected chi connectivity index (χ3v) is 5.78. The minimum Gasteiger partial charge on any atom is -0.494 e. The molecule has 0 spiro atoms. The van der Waals surface area contributed by atoms with E-state index in [2.05, 4.69) is 4.90 Å². The SMILES string of the molecule is CCOc1ccc(C2=C(N3CCCCC3)C(=O)N(c3ccc(C)cc3C)C2=O)cc1. The number of rotatable bonds is 5. The van der Waals surface area contributed by atoms with E-state index < -0.39 is 0 Å². The van der Waals surface area contributed by atoms with E-state index in [0.717, 1.165) is 54.8 Å². The molecular formula is C25H28N2O3. The Balaban J connectivity index is 1.80. The van der Waals surface area contributed by atoms with Crippen LogP contribution in [0.2, 0.25) is 0 Å². The number of ether oxygens (including phenoxy) is 1. The van der Waals surface area contributed by atoms with Crippen LogP contribution in [0.3, 0.4) is 0 Å². The molecule has 0 bridgehead atoms. The van der Waals surface area contributed by atoms with Gasteiger partial charge in [-0.2, -0.15) is 0 Å². The number of nitrogens with zero attached hydrogens (tertiary/aromatic N) is 2. The van der Waals surface area contributed by atoms with Crippen molar-refractivity contribution in [3.05, 3.63) is 64.9 Å². The molecule has 0 radical (unpaired) electrons. The van der Waals surface area contributed by atoms with Crippen LogP contribution in [-0.4, -0.2) is 36.4 Å². The first-order valence-corrected chi connectivity index (χ1v) is 10.7. The molecule has 0 unspecified atom stereocenters. The van der Waals surface area contributed by atoms with Crippen LogP contribution in [0.1, 0.15) is 42.9 Å². The van der Waals surface area contributed by atoms with Crippen molar-refractivity contribution in [1.82, 2.24) is 4.90 Å². The fourth-order valence-electron chi connectivity index (χ4n) is 4.35. The summed E-state index contributed by atoms with van der Waals surface area (Å²) in [6, 6.07) is 13.3. The van der Waals surface area contributed by atoms with Crippen LogP contribution < -0.4 is 9.64 Å². The predicted octanol–water partition coefficient (Wildman–Crippen LogP) is 4.47. The van der Waals surface area contributed by atoms with Gasteiger partial charge in [0.1, 0.15) is 11.4 Å². The summed E-state index contributed by atoms with van der Waals surface area (Å²) >= 11 is 0. The smallest absolute Gasteiger partial charge is 0.282 e. The van der Waals surface area contributed by atoms with Gasteiger partial charge in [0.25, 0.3) is 11.8 Å². The molecule has 156 valence electrons. The molecule has 5 nitrogen and oxygen atoms in total. The van der Waals surface area contributed by atoms with Crippen molar-refractivity contribution < 1.29 is 14.3 Å². The summed E-state index contributed by atoms with van der Waals surface area (Å²) in [4.78, 5) is 30.6. The monoisotopic (exact) mass is 404 g/mol. The standard InChI is InChI=1S/C25H28N2O3/c1-4-30-20-11-9-19(10-12-20)22-23(26-14-6-5-7-15-26)25(29)27(24(22)28)21-13-8-17(2)16-18(21)3/h8-13,16H,4-7,14-15H2,1-3H3. The maximum atomic E-state index is 13.6. The van der Waals surface area contributed by atoms with Crippen molar-refractivity contribution in [2.45, 2.75) is 40.0 Å². The van der Waals surface area contributed by atoms with E-state index in [1.807, 2.05) is 63.2 Å². The number of imide groups is 1. The summed E-state index contributed by atoms with van der Waals surface area (Å²) in [6.45, 7) is 8.07. The summed E-state index contributed by atoms with van der Waals surface area (Å²) in [7, 11) is 0. The lowest BCUT2D eigenvalue weighted by Gasteiger charge is -2.29. The van der Waals surface area contributed by atoms with E-state index >= 15 is 0 Å². The summed E-state index contributed by atoms with van der Waals surface area (Å²) < 4.78 is 5.54. The number of hydrogen-bond donors (Lipinski definition) is 0. The number of carbonyl (C=O) groups excluding carboxylic acids is 2. The number of aryl methyl sites for hydroxylation is 2. The van der Waals surface area contributed by atoms with Gasteiger partial charge in [-0.25, -0.2) is 4.90 Å². The lowest BCUT2D eigenvalue weighted by atomic mass is 10.0. The summed E-state index contributed by atoms with van der Waals surface area (Å²) in [6.07, 6.45) is 3.22. The van der Waals surface area contributed by atoms with E-state index in [4.69, 9.17) is 4.74 Å². The van der Waals surface area contributed by atoms with Crippen LogP contribution in [-0.2, 0) is 9.59 Å². The molecule has 0 aromatic heterocycles. The Morgan fingerprint density at radius 3 is 2.23 bits per heavy atom. The molecule has 0 atom stereocenters. The van der Waals surface area contributed by atoms with Crippen molar-refractivity contribution in [1.29, 1.82) is 0 Å². The Hall–Kier alpha value is -3.08. The zero-order chi connectivity index (χ0) is 21.3. The highest BCUT2D eigenvalue weighted by Gasteiger charge is 2.43. The van der Waals surface area contributed by atoms with Gasteiger partial charge >= 0.3 is 0 Å². The zero-order valence-electron chi connectivity index (χ0n) is 17.9. The van der Waals surface area contributed by atoms with Crippen LogP contribution in [0.15, 0.2) is 48.2 Å². The van der Waals surface area contributed by atoms with Crippen molar-refractivity contribution in [2.75, 3.05) is 24.6 Å². The number of amides is 2. The topological polar surface area (TPSA) is 49.9 Å². The van der Waals surface area contributed by atoms with Crippen LogP contribution >= 0.6 is 0 Å². The van der Waals surface area contributed by atoms with Crippen LogP contribution in [0, 0.1) is 13.8 Å². The second kappa shape index (κ2) is 8.34. The fraction of sp³-hybridized carbons (Fsp3) is 0.360. The second-order valence-electron chi connectivity index (χ2n) is 7.96. The summed E-state index contributed by atoms with van der Waals surface area (Å²) in [5.74, 6) is 0.277. The molecule has 2 heterocycles. The van der Waals surface area contributed by atoms with Crippen molar-refractivity contribution in [3.63, 3.8) is 0 Å². The van der Waals surface area contributed by atoms with Gasteiger partial charge in [-0.1, -0.05) is 29.8 Å². The Bertz CT molecular complexity index is 1000. The van der Waals surface area contributed by atoms with Crippen LogP contribution in [0.4, 0.5) is 5.69 Å². The molecule has 1 fully saturated rings. The van der Waals surface area contributed by atoms with Crippen LogP contribution in [0.5, 0.6) is 5.75 Å². The predicted molar refractivity (Wildman–Crippen MR) is 118 cm³/mol. The maximum Gasteiger partial charge on any atom is 0.282 e. The molecule has 2 aromatic carbocycles. The number of carbonyl (C=O) groups is 2. The maximum absolute atomic E-state index is 13.6. The molecule has 2 aromatic rings. The van der Waals surface area contributed by atoms with E-state index in [1.165, 1.54) is 4.90 Å². The number of benzene rings is 2. The van der Waals surface area contributed by atoms with Gasteiger partial charge < -0.3 is 9.64 Å². The van der Waals surface area contributed by atoms with Crippen molar-refractivity contribution >= 4 is 23.1 Å². The molecule has 1 saturated heterocycles. The highest BCUT2D eigenvalue weighted by atomic mass is 16.5. The Morgan fingerprint density at radius 2 is 1.60 bits per heavy atom. The van der Waals surface area contributed by atoms with Crippen molar-refractivity contribution in [3.8, 4) is 5.75 Å². The first kappa shape index (κ1) is 20.2. The minimum absolute atomic E-state index is 0.224. The van der Waals surface area contributed by atoms with Gasteiger partial charge in [-0.05, 0) is 69.4 Å². The van der Waals surface area contributed by atoms with Gasteiger partial charge in [0.05, 0.1) is 17.9 Å². The lowest BCUT2D eigenvalue weighted by molar-refractivity contribution is -0.120. The van der Waals surface area contributed by atoms with Crippen molar-refractivity contribution in [2.24, 2.45) is 0 Å². The van der Waals surface area contributed by atoms with E-state index in [9.17, 15) is 9.59 Å². The molecular weight excluding hydrogens is 376 g/mol. The molecule has 2 amide bonds. The molecule has 2 aliphatic rings. The molecule has 4 rings (SSSR count). The molecule has 0 N–H and O–H groups in total. The molecule has 2 aliphatic heterocycles. The quantitative estimate of drug-likeness (QED) is 0.690. The van der Waals surface area contributed by atoms with Gasteiger partial charge in [0.2, 0.25) is 0 Å². The number of likely N-dealkylation sites (tertiary alicyclic amines) is 1. The van der Waals surface area contributed by atoms with E-state index in [1.54, 1.807) is 0 Å². The average Bonchev–Trinajstić information content (AvgIpc) is 3.00. The highest BCUT2D eigenvalue weighted by Crippen LogP contribution is 2.37. The van der Waals surface area contributed by atoms with E-state index in [-0.39, 0.29) is 11.8 Å². The van der Waals surface area contributed by atoms with Gasteiger partial charge in [-0.3, -0.25) is 9.59 Å². The molecule has 0 aliphatic carbocycles. The lowest BCUT2D eigenvalue weighted by Crippen LogP contribution is -2.37. The number of hydrogen-bond acceptors (Lipinski definition) is 4. The first-order valence-electron chi connectivity index (χ1n) is 10.7. The second-order valence-corrected chi connectivity index (χ2v) is 7.96. The molecule has 0 saturated carbocycles. The minimum atomic E-state index is -0.253. The van der Waals surface area contributed by atoms with Gasteiger partial charge in [0, 0.05) is 13.1 Å². The van der Waals surface area contributed by atoms with Crippen LogP contribution in [0.25, 0.3) is 5.57 Å². The summed E-state index contributed by atoms with van der Waals surface area (Å²) in [5, 5.41) is 0. The largest absolute Gasteiger partial charge is 0.494 e. The Morgan fingerprint density at radius 1 is 0.900 bits per heavy atom. The average molecular weight is 405 g/mol. The fourth-order valence-corrected chi connectivity index (χ4v) is 4.35. The van der Waals surface area contributed by atoms with Gasteiger partial charge in [0.15, 0.2) is 0 Å². The molecule has 30 heavy (non-hydrogen) atoms.